The molecule has 1 amide bonds. The fraction of sp³-hybridized carbons (Fsp3) is 0.375. The van der Waals surface area contributed by atoms with Crippen LogP contribution < -0.4 is 10.1 Å². The van der Waals surface area contributed by atoms with Gasteiger partial charge in [0.05, 0.1) is 26.0 Å². The lowest BCUT2D eigenvalue weighted by Crippen LogP contribution is -2.40. The van der Waals surface area contributed by atoms with Gasteiger partial charge in [0.15, 0.2) is 0 Å². The fourth-order valence-corrected chi connectivity index (χ4v) is 4.13. The Balaban J connectivity index is 1.90. The van der Waals surface area contributed by atoms with Crippen molar-refractivity contribution in [1.29, 1.82) is 0 Å². The number of hydrogen-bond acceptors (Lipinski definition) is 7. The minimum atomic E-state index is -3.78. The summed E-state index contributed by atoms with van der Waals surface area (Å²) in [6.45, 7) is 2.89. The van der Waals surface area contributed by atoms with Crippen molar-refractivity contribution in [3.8, 4) is 5.75 Å². The summed E-state index contributed by atoms with van der Waals surface area (Å²) < 4.78 is 42.5. The highest BCUT2D eigenvalue weighted by molar-refractivity contribution is 7.89. The molecule has 0 radical (unpaired) electrons. The first-order valence-electron chi connectivity index (χ1n) is 7.92. The number of methoxy groups -OCH3 is 1. The second-order valence-electron chi connectivity index (χ2n) is 5.67. The number of amides is 1. The third kappa shape index (κ3) is 3.71. The number of sulfonamides is 1. The van der Waals surface area contributed by atoms with Crippen molar-refractivity contribution in [2.24, 2.45) is 0 Å². The molecule has 1 aliphatic heterocycles. The van der Waals surface area contributed by atoms with Crippen LogP contribution in [-0.2, 0) is 14.8 Å². The molecule has 10 heteroatoms. The van der Waals surface area contributed by atoms with E-state index in [2.05, 4.69) is 10.5 Å². The van der Waals surface area contributed by atoms with E-state index in [1.165, 1.54) is 29.6 Å². The predicted molar refractivity (Wildman–Crippen MR) is 91.8 cm³/mol. The largest absolute Gasteiger partial charge is 0.495 e. The van der Waals surface area contributed by atoms with Gasteiger partial charge in [0, 0.05) is 24.8 Å². The van der Waals surface area contributed by atoms with Gasteiger partial charge in [-0.15, -0.1) is 0 Å². The molecule has 140 valence electrons. The maximum Gasteiger partial charge on any atom is 0.294 e. The molecule has 1 aliphatic rings. The summed E-state index contributed by atoms with van der Waals surface area (Å²) in [7, 11) is -2.39. The molecule has 1 aromatic carbocycles. The Hall–Kier alpha value is -2.43. The molecule has 0 aliphatic carbocycles. The molecule has 0 unspecified atom stereocenters. The molecular formula is C16H19N3O6S. The number of morpholine rings is 1. The van der Waals surface area contributed by atoms with Crippen molar-refractivity contribution in [2.45, 2.75) is 11.8 Å². The fourth-order valence-electron chi connectivity index (χ4n) is 2.55. The van der Waals surface area contributed by atoms with Crippen LogP contribution in [0.15, 0.2) is 33.7 Å². The molecule has 1 saturated heterocycles. The van der Waals surface area contributed by atoms with Crippen LogP contribution in [0.4, 0.5) is 5.69 Å². The Morgan fingerprint density at radius 1 is 1.27 bits per heavy atom. The summed E-state index contributed by atoms with van der Waals surface area (Å²) >= 11 is 0. The Kier molecular flexibility index (Phi) is 5.25. The first-order chi connectivity index (χ1) is 12.4. The molecule has 9 nitrogen and oxygen atoms in total. The second kappa shape index (κ2) is 7.44. The van der Waals surface area contributed by atoms with E-state index < -0.39 is 15.9 Å². The van der Waals surface area contributed by atoms with Crippen molar-refractivity contribution in [3.63, 3.8) is 0 Å². The van der Waals surface area contributed by atoms with E-state index in [-0.39, 0.29) is 29.5 Å². The minimum Gasteiger partial charge on any atom is -0.495 e. The molecule has 1 aromatic heterocycles. The number of nitrogens with one attached hydrogen (secondary N) is 1. The first kappa shape index (κ1) is 18.4. The topological polar surface area (TPSA) is 111 Å². The summed E-state index contributed by atoms with van der Waals surface area (Å²) in [4.78, 5) is 12.2. The zero-order chi connectivity index (χ0) is 18.7. The number of carbonyl (C=O) groups excluding carboxylic acids is 1. The number of aryl methyl sites for hydroxylation is 1. The summed E-state index contributed by atoms with van der Waals surface area (Å²) in [5, 5.41) is 6.26. The second-order valence-corrected chi connectivity index (χ2v) is 7.58. The summed E-state index contributed by atoms with van der Waals surface area (Å²) in [5.74, 6) is -0.286. The molecular weight excluding hydrogens is 362 g/mol. The normalized spacial score (nSPS) is 15.6. The number of rotatable bonds is 5. The average Bonchev–Trinajstić information content (AvgIpc) is 3.09. The van der Waals surface area contributed by atoms with Crippen LogP contribution in [0.1, 0.15) is 16.2 Å². The van der Waals surface area contributed by atoms with Crippen LogP contribution in [0.3, 0.4) is 0 Å². The van der Waals surface area contributed by atoms with Gasteiger partial charge >= 0.3 is 0 Å². The van der Waals surface area contributed by atoms with Gasteiger partial charge in [0.2, 0.25) is 15.8 Å². The Morgan fingerprint density at radius 3 is 2.62 bits per heavy atom. The monoisotopic (exact) mass is 381 g/mol. The van der Waals surface area contributed by atoms with Crippen LogP contribution >= 0.6 is 0 Å². The predicted octanol–water partition coefficient (Wildman–Crippen LogP) is 1.26. The zero-order valence-electron chi connectivity index (χ0n) is 14.4. The van der Waals surface area contributed by atoms with E-state index >= 15 is 0 Å². The van der Waals surface area contributed by atoms with Crippen molar-refractivity contribution in [1.82, 2.24) is 9.46 Å². The van der Waals surface area contributed by atoms with Crippen LogP contribution in [0.25, 0.3) is 0 Å². The Labute approximate surface area is 150 Å². The number of carbonyl (C=O) groups is 1. The first-order valence-corrected chi connectivity index (χ1v) is 9.36. The summed E-state index contributed by atoms with van der Waals surface area (Å²) in [6, 6.07) is 5.90. The quantitative estimate of drug-likeness (QED) is 0.830. The average molecular weight is 381 g/mol. The van der Waals surface area contributed by atoms with Crippen molar-refractivity contribution in [3.05, 3.63) is 35.7 Å². The van der Waals surface area contributed by atoms with Crippen LogP contribution in [-0.4, -0.2) is 57.2 Å². The van der Waals surface area contributed by atoms with Crippen molar-refractivity contribution < 1.29 is 27.2 Å². The standard InChI is InChI=1S/C16H19N3O6S/c1-11-9-14(25-18-11)16(20)17-12-3-4-13(23-2)15(10-12)26(21,22)19-5-7-24-8-6-19/h3-4,9-10H,5-8H2,1-2H3,(H,17,20). The minimum absolute atomic E-state index is 0.0200. The van der Waals surface area contributed by atoms with E-state index in [4.69, 9.17) is 14.0 Å². The highest BCUT2D eigenvalue weighted by Gasteiger charge is 2.29. The van der Waals surface area contributed by atoms with Crippen LogP contribution in [0.2, 0.25) is 0 Å². The molecule has 1 N–H and O–H groups in total. The van der Waals surface area contributed by atoms with Gasteiger partial charge in [-0.1, -0.05) is 5.16 Å². The lowest BCUT2D eigenvalue weighted by atomic mass is 10.3. The number of benzene rings is 1. The molecule has 2 heterocycles. The van der Waals surface area contributed by atoms with Gasteiger partial charge in [-0.25, -0.2) is 8.42 Å². The molecule has 0 bridgehead atoms. The van der Waals surface area contributed by atoms with E-state index in [1.54, 1.807) is 13.0 Å². The lowest BCUT2D eigenvalue weighted by molar-refractivity contribution is 0.0729. The van der Waals surface area contributed by atoms with Crippen LogP contribution in [0.5, 0.6) is 5.75 Å². The maximum atomic E-state index is 12.9. The Morgan fingerprint density at radius 2 is 2.00 bits per heavy atom. The summed E-state index contributed by atoms with van der Waals surface area (Å²) in [5.41, 5.74) is 0.872. The third-order valence-electron chi connectivity index (χ3n) is 3.86. The van der Waals surface area contributed by atoms with Crippen molar-refractivity contribution in [2.75, 3.05) is 38.7 Å². The number of ether oxygens (including phenoxy) is 2. The molecule has 26 heavy (non-hydrogen) atoms. The molecule has 2 aromatic rings. The van der Waals surface area contributed by atoms with E-state index in [1.807, 2.05) is 0 Å². The highest BCUT2D eigenvalue weighted by atomic mass is 32.2. The highest BCUT2D eigenvalue weighted by Crippen LogP contribution is 2.30. The lowest BCUT2D eigenvalue weighted by Gasteiger charge is -2.26. The summed E-state index contributed by atoms with van der Waals surface area (Å²) in [6.07, 6.45) is 0. The van der Waals surface area contributed by atoms with Gasteiger partial charge in [0.1, 0.15) is 10.6 Å². The molecule has 1 fully saturated rings. The molecule has 3 rings (SSSR count). The van der Waals surface area contributed by atoms with E-state index in [0.717, 1.165) is 0 Å². The van der Waals surface area contributed by atoms with Gasteiger partial charge in [0.25, 0.3) is 5.91 Å². The maximum absolute atomic E-state index is 12.9. The van der Waals surface area contributed by atoms with E-state index in [9.17, 15) is 13.2 Å². The van der Waals surface area contributed by atoms with Gasteiger partial charge in [-0.3, -0.25) is 4.79 Å². The van der Waals surface area contributed by atoms with E-state index in [0.29, 0.717) is 24.6 Å². The SMILES string of the molecule is COc1ccc(NC(=O)c2cc(C)no2)cc1S(=O)(=O)N1CCOCC1. The third-order valence-corrected chi connectivity index (χ3v) is 5.78. The van der Waals surface area contributed by atoms with Crippen molar-refractivity contribution >= 4 is 21.6 Å². The number of hydrogen-bond donors (Lipinski definition) is 1. The zero-order valence-corrected chi connectivity index (χ0v) is 15.2. The van der Waals surface area contributed by atoms with Crippen LogP contribution in [0, 0.1) is 6.92 Å². The number of nitrogens with zero attached hydrogens (tertiary/aromatic N) is 2. The van der Waals surface area contributed by atoms with Gasteiger partial charge in [-0.05, 0) is 25.1 Å². The number of aromatic nitrogens is 1. The number of anilines is 1. The Bertz CT molecular complexity index is 902. The molecule has 0 spiro atoms. The van der Waals surface area contributed by atoms with Gasteiger partial charge < -0.3 is 19.3 Å². The smallest absolute Gasteiger partial charge is 0.294 e. The molecule has 0 saturated carbocycles. The molecule has 0 atom stereocenters. The van der Waals surface area contributed by atoms with Gasteiger partial charge in [-0.2, -0.15) is 4.31 Å².